The average molecular weight is 360 g/mol. The molecule has 0 fully saturated rings. The van der Waals surface area contributed by atoms with Gasteiger partial charge in [0.2, 0.25) is 6.79 Å². The van der Waals surface area contributed by atoms with Crippen molar-refractivity contribution in [3.8, 4) is 22.8 Å². The lowest BCUT2D eigenvalue weighted by molar-refractivity contribution is 0.102. The van der Waals surface area contributed by atoms with E-state index in [2.05, 4.69) is 24.1 Å². The zero-order chi connectivity index (χ0) is 18.8. The zero-order valence-corrected chi connectivity index (χ0v) is 15.2. The molecule has 0 saturated carbocycles. The molecule has 0 bridgehead atoms. The van der Waals surface area contributed by atoms with Gasteiger partial charge in [0.1, 0.15) is 0 Å². The molecule has 3 aromatic rings. The van der Waals surface area contributed by atoms with E-state index in [0.29, 0.717) is 17.2 Å². The van der Waals surface area contributed by atoms with Gasteiger partial charge in [-0.15, -0.1) is 0 Å². The SMILES string of the molecule is CC(C)c1ccc(NC(=O)c2ccc(-c3ccc4c(c3)OCO4)nc2)cc1. The van der Waals surface area contributed by atoms with Gasteiger partial charge in [0.05, 0.1) is 11.3 Å². The lowest BCUT2D eigenvalue weighted by Gasteiger charge is -2.09. The highest BCUT2D eigenvalue weighted by molar-refractivity contribution is 6.04. The van der Waals surface area contributed by atoms with E-state index in [1.165, 1.54) is 5.56 Å². The van der Waals surface area contributed by atoms with E-state index in [4.69, 9.17) is 9.47 Å². The molecule has 0 saturated heterocycles. The average Bonchev–Trinajstić information content (AvgIpc) is 3.16. The third-order valence-electron chi connectivity index (χ3n) is 4.53. The number of carbonyl (C=O) groups is 1. The minimum Gasteiger partial charge on any atom is -0.454 e. The maximum atomic E-state index is 12.4. The van der Waals surface area contributed by atoms with Gasteiger partial charge in [-0.2, -0.15) is 0 Å². The predicted octanol–water partition coefficient (Wildman–Crippen LogP) is 4.85. The molecular formula is C22H20N2O3. The number of carbonyl (C=O) groups excluding carboxylic acids is 1. The second-order valence-corrected chi connectivity index (χ2v) is 6.73. The molecule has 0 unspecified atom stereocenters. The van der Waals surface area contributed by atoms with Crippen LogP contribution in [-0.4, -0.2) is 17.7 Å². The molecule has 27 heavy (non-hydrogen) atoms. The first kappa shape index (κ1) is 17.1. The van der Waals surface area contributed by atoms with Crippen LogP contribution in [0.3, 0.4) is 0 Å². The Morgan fingerprint density at radius 2 is 1.78 bits per heavy atom. The summed E-state index contributed by atoms with van der Waals surface area (Å²) in [5, 5.41) is 2.90. The fourth-order valence-electron chi connectivity index (χ4n) is 2.91. The van der Waals surface area contributed by atoms with Crippen LogP contribution in [0.4, 0.5) is 5.69 Å². The normalized spacial score (nSPS) is 12.3. The van der Waals surface area contributed by atoms with Crippen LogP contribution in [0.15, 0.2) is 60.8 Å². The van der Waals surface area contributed by atoms with E-state index in [-0.39, 0.29) is 12.7 Å². The van der Waals surface area contributed by atoms with Gasteiger partial charge in [0.25, 0.3) is 5.91 Å². The summed E-state index contributed by atoms with van der Waals surface area (Å²) in [4.78, 5) is 16.9. The Bertz CT molecular complexity index is 964. The summed E-state index contributed by atoms with van der Waals surface area (Å²) in [6, 6.07) is 17.2. The Labute approximate surface area is 158 Å². The molecule has 1 aliphatic rings. The van der Waals surface area contributed by atoms with Gasteiger partial charge >= 0.3 is 0 Å². The summed E-state index contributed by atoms with van der Waals surface area (Å²) in [7, 11) is 0. The highest BCUT2D eigenvalue weighted by atomic mass is 16.7. The largest absolute Gasteiger partial charge is 0.454 e. The Hall–Kier alpha value is -3.34. The number of nitrogens with one attached hydrogen (secondary N) is 1. The summed E-state index contributed by atoms with van der Waals surface area (Å²) < 4.78 is 10.7. The molecule has 1 aromatic heterocycles. The molecule has 5 nitrogen and oxygen atoms in total. The number of amides is 1. The van der Waals surface area contributed by atoms with E-state index >= 15 is 0 Å². The van der Waals surface area contributed by atoms with E-state index in [9.17, 15) is 4.79 Å². The third kappa shape index (κ3) is 3.62. The van der Waals surface area contributed by atoms with E-state index in [1.54, 1.807) is 12.3 Å². The first-order valence-electron chi connectivity index (χ1n) is 8.87. The van der Waals surface area contributed by atoms with Gasteiger partial charge in [-0.25, -0.2) is 0 Å². The number of hydrogen-bond donors (Lipinski definition) is 1. The highest BCUT2D eigenvalue weighted by Crippen LogP contribution is 2.35. The molecule has 1 amide bonds. The molecule has 0 atom stereocenters. The first-order valence-corrected chi connectivity index (χ1v) is 8.87. The number of fused-ring (bicyclic) bond motifs is 1. The summed E-state index contributed by atoms with van der Waals surface area (Å²) >= 11 is 0. The molecule has 136 valence electrons. The van der Waals surface area contributed by atoms with Crippen molar-refractivity contribution in [1.29, 1.82) is 0 Å². The van der Waals surface area contributed by atoms with Gasteiger partial charge in [-0.3, -0.25) is 9.78 Å². The molecule has 2 aromatic carbocycles. The Balaban J connectivity index is 1.47. The van der Waals surface area contributed by atoms with Crippen molar-refractivity contribution in [2.24, 2.45) is 0 Å². The minimum absolute atomic E-state index is 0.183. The topological polar surface area (TPSA) is 60.5 Å². The van der Waals surface area contributed by atoms with Crippen LogP contribution in [0, 0.1) is 0 Å². The molecule has 1 N–H and O–H groups in total. The lowest BCUT2D eigenvalue weighted by Crippen LogP contribution is -2.12. The van der Waals surface area contributed by atoms with Crippen molar-refractivity contribution in [1.82, 2.24) is 4.98 Å². The summed E-state index contributed by atoms with van der Waals surface area (Å²) in [6.45, 7) is 4.52. The van der Waals surface area contributed by atoms with Gasteiger partial charge in [-0.05, 0) is 53.9 Å². The number of ether oxygens (including phenoxy) is 2. The number of hydrogen-bond acceptors (Lipinski definition) is 4. The van der Waals surface area contributed by atoms with Crippen molar-refractivity contribution in [2.45, 2.75) is 19.8 Å². The number of anilines is 1. The van der Waals surface area contributed by atoms with Crippen LogP contribution in [0.5, 0.6) is 11.5 Å². The summed E-state index contributed by atoms with van der Waals surface area (Å²) in [5.41, 5.74) is 4.20. The smallest absolute Gasteiger partial charge is 0.257 e. The van der Waals surface area contributed by atoms with Crippen molar-refractivity contribution in [3.05, 3.63) is 71.9 Å². The molecular weight excluding hydrogens is 340 g/mol. The third-order valence-corrected chi connectivity index (χ3v) is 4.53. The number of aromatic nitrogens is 1. The number of pyridine rings is 1. The van der Waals surface area contributed by atoms with Gasteiger partial charge < -0.3 is 14.8 Å². The molecule has 1 aliphatic heterocycles. The molecule has 2 heterocycles. The van der Waals surface area contributed by atoms with Crippen molar-refractivity contribution in [2.75, 3.05) is 12.1 Å². The van der Waals surface area contributed by atoms with Crippen LogP contribution < -0.4 is 14.8 Å². The first-order chi connectivity index (χ1) is 13.1. The predicted molar refractivity (Wildman–Crippen MR) is 104 cm³/mol. The Kier molecular flexibility index (Phi) is 4.50. The quantitative estimate of drug-likeness (QED) is 0.722. The summed E-state index contributed by atoms with van der Waals surface area (Å²) in [6.07, 6.45) is 1.58. The maximum Gasteiger partial charge on any atom is 0.257 e. The van der Waals surface area contributed by atoms with Crippen molar-refractivity contribution < 1.29 is 14.3 Å². The van der Waals surface area contributed by atoms with E-state index < -0.39 is 0 Å². The van der Waals surface area contributed by atoms with Crippen molar-refractivity contribution in [3.63, 3.8) is 0 Å². The number of nitrogens with zero attached hydrogens (tertiary/aromatic N) is 1. The van der Waals surface area contributed by atoms with Crippen LogP contribution in [0.2, 0.25) is 0 Å². The van der Waals surface area contributed by atoms with E-state index in [1.807, 2.05) is 48.5 Å². The van der Waals surface area contributed by atoms with Crippen LogP contribution in [-0.2, 0) is 0 Å². The van der Waals surface area contributed by atoms with Crippen LogP contribution in [0.1, 0.15) is 35.7 Å². The number of benzene rings is 2. The Morgan fingerprint density at radius 3 is 2.48 bits per heavy atom. The van der Waals surface area contributed by atoms with E-state index in [0.717, 1.165) is 22.7 Å². The van der Waals surface area contributed by atoms with Gasteiger partial charge in [-0.1, -0.05) is 26.0 Å². The van der Waals surface area contributed by atoms with Crippen molar-refractivity contribution >= 4 is 11.6 Å². The molecule has 0 radical (unpaired) electrons. The van der Waals surface area contributed by atoms with Gasteiger partial charge in [0, 0.05) is 17.4 Å². The monoisotopic (exact) mass is 360 g/mol. The standard InChI is InChI=1S/C22H20N2O3/c1-14(2)15-3-7-18(8-4-15)24-22(25)17-5-9-19(23-12-17)16-6-10-20-21(11-16)27-13-26-20/h3-12,14H,13H2,1-2H3,(H,24,25). The maximum absolute atomic E-state index is 12.4. The van der Waals surface area contributed by atoms with Gasteiger partial charge in [0.15, 0.2) is 11.5 Å². The fraction of sp³-hybridized carbons (Fsp3) is 0.182. The lowest BCUT2D eigenvalue weighted by atomic mass is 10.0. The number of rotatable bonds is 4. The molecule has 5 heteroatoms. The Morgan fingerprint density at radius 1 is 1.00 bits per heavy atom. The van der Waals surface area contributed by atoms with Crippen LogP contribution in [0.25, 0.3) is 11.3 Å². The van der Waals surface area contributed by atoms with Crippen LogP contribution >= 0.6 is 0 Å². The fourth-order valence-corrected chi connectivity index (χ4v) is 2.91. The molecule has 4 rings (SSSR count). The zero-order valence-electron chi connectivity index (χ0n) is 15.2. The molecule has 0 aliphatic carbocycles. The minimum atomic E-state index is -0.183. The second kappa shape index (κ2) is 7.11. The summed E-state index contributed by atoms with van der Waals surface area (Å²) in [5.74, 6) is 1.72. The highest BCUT2D eigenvalue weighted by Gasteiger charge is 2.15. The molecule has 0 spiro atoms. The second-order valence-electron chi connectivity index (χ2n) is 6.73.